The molecule has 0 unspecified atom stereocenters. The summed E-state index contributed by atoms with van der Waals surface area (Å²) in [7, 11) is 0. The smallest absolute Gasteiger partial charge is 0.344 e. The van der Waals surface area contributed by atoms with E-state index in [1.807, 2.05) is 5.32 Å². The maximum atomic E-state index is 13.4. The highest BCUT2D eigenvalue weighted by molar-refractivity contribution is 6.01. The number of benzene rings is 2. The molecule has 0 aliphatic carbocycles. The van der Waals surface area contributed by atoms with E-state index < -0.39 is 30.3 Å². The number of esters is 1. The van der Waals surface area contributed by atoms with Crippen LogP contribution in [-0.2, 0) is 14.3 Å². The van der Waals surface area contributed by atoms with Crippen LogP contribution in [-0.4, -0.2) is 31.1 Å². The van der Waals surface area contributed by atoms with E-state index in [9.17, 15) is 18.8 Å². The summed E-state index contributed by atoms with van der Waals surface area (Å²) in [5.74, 6) is -1.79. The SMILES string of the molecule is O=C(COC(=O)COc1ccccc1)NC(=O)Nc1ccccc1F. The minimum Gasteiger partial charge on any atom is -0.482 e. The Balaban J connectivity index is 1.68. The van der Waals surface area contributed by atoms with Crippen LogP contribution in [0.2, 0.25) is 0 Å². The van der Waals surface area contributed by atoms with E-state index in [1.165, 1.54) is 18.2 Å². The summed E-state index contributed by atoms with van der Waals surface area (Å²) in [5, 5.41) is 4.08. The summed E-state index contributed by atoms with van der Waals surface area (Å²) in [6, 6.07) is 13.1. The van der Waals surface area contributed by atoms with Gasteiger partial charge in [0.15, 0.2) is 13.2 Å². The van der Waals surface area contributed by atoms with Gasteiger partial charge < -0.3 is 14.8 Å². The van der Waals surface area contributed by atoms with Gasteiger partial charge in [0.2, 0.25) is 0 Å². The third kappa shape index (κ3) is 6.30. The van der Waals surface area contributed by atoms with E-state index in [0.29, 0.717) is 5.75 Å². The van der Waals surface area contributed by atoms with Crippen molar-refractivity contribution < 1.29 is 28.2 Å². The molecular formula is C17H15FN2O5. The molecule has 0 fully saturated rings. The zero-order chi connectivity index (χ0) is 18.1. The molecule has 0 bridgehead atoms. The lowest BCUT2D eigenvalue weighted by Gasteiger charge is -2.08. The number of carbonyl (C=O) groups is 3. The summed E-state index contributed by atoms with van der Waals surface area (Å²) >= 11 is 0. The van der Waals surface area contributed by atoms with Gasteiger partial charge in [-0.15, -0.1) is 0 Å². The molecule has 7 nitrogen and oxygen atoms in total. The molecule has 2 aromatic carbocycles. The first kappa shape index (κ1) is 17.9. The van der Waals surface area contributed by atoms with Crippen molar-refractivity contribution in [1.29, 1.82) is 0 Å². The largest absolute Gasteiger partial charge is 0.482 e. The molecule has 0 radical (unpaired) electrons. The molecule has 8 heteroatoms. The van der Waals surface area contributed by atoms with Gasteiger partial charge in [0.05, 0.1) is 5.69 Å². The number of hydrogen-bond donors (Lipinski definition) is 2. The number of para-hydroxylation sites is 2. The normalized spacial score (nSPS) is 9.80. The Morgan fingerprint density at radius 2 is 1.60 bits per heavy atom. The molecule has 0 saturated carbocycles. The second kappa shape index (κ2) is 9.02. The first-order chi connectivity index (χ1) is 12.0. The van der Waals surface area contributed by atoms with Crippen molar-refractivity contribution in [3.8, 4) is 5.75 Å². The summed E-state index contributed by atoms with van der Waals surface area (Å²) in [5.41, 5.74) is -0.0824. The number of anilines is 1. The van der Waals surface area contributed by atoms with Gasteiger partial charge in [0.25, 0.3) is 5.91 Å². The molecular weight excluding hydrogens is 331 g/mol. The average Bonchev–Trinajstić information content (AvgIpc) is 2.61. The lowest BCUT2D eigenvalue weighted by Crippen LogP contribution is -2.37. The van der Waals surface area contributed by atoms with Gasteiger partial charge in [0, 0.05) is 0 Å². The molecule has 0 aromatic heterocycles. The van der Waals surface area contributed by atoms with Crippen molar-refractivity contribution in [3.63, 3.8) is 0 Å². The van der Waals surface area contributed by atoms with Gasteiger partial charge in [-0.3, -0.25) is 10.1 Å². The van der Waals surface area contributed by atoms with Crippen LogP contribution >= 0.6 is 0 Å². The van der Waals surface area contributed by atoms with Crippen LogP contribution in [0.25, 0.3) is 0 Å². The summed E-state index contributed by atoms with van der Waals surface area (Å²) < 4.78 is 23.2. The number of rotatable bonds is 6. The Bertz CT molecular complexity index is 752. The summed E-state index contributed by atoms with van der Waals surface area (Å²) in [4.78, 5) is 34.5. The molecule has 0 spiro atoms. The van der Waals surface area contributed by atoms with E-state index in [-0.39, 0.29) is 12.3 Å². The first-order valence-corrected chi connectivity index (χ1v) is 7.23. The fraction of sp³-hybridized carbons (Fsp3) is 0.118. The van der Waals surface area contributed by atoms with E-state index in [0.717, 1.165) is 6.07 Å². The van der Waals surface area contributed by atoms with Crippen LogP contribution in [0, 0.1) is 5.82 Å². The molecule has 25 heavy (non-hydrogen) atoms. The van der Waals surface area contributed by atoms with E-state index in [1.54, 1.807) is 30.3 Å². The highest BCUT2D eigenvalue weighted by atomic mass is 19.1. The Morgan fingerprint density at radius 1 is 0.920 bits per heavy atom. The molecule has 0 aliphatic heterocycles. The standard InChI is InChI=1S/C17H15FN2O5/c18-13-8-4-5-9-14(13)19-17(23)20-15(21)10-25-16(22)11-24-12-6-2-1-3-7-12/h1-9H,10-11H2,(H2,19,20,21,23). The lowest BCUT2D eigenvalue weighted by molar-refractivity contribution is -0.150. The predicted octanol–water partition coefficient (Wildman–Crippen LogP) is 2.10. The van der Waals surface area contributed by atoms with Gasteiger partial charge in [-0.2, -0.15) is 0 Å². The monoisotopic (exact) mass is 346 g/mol. The zero-order valence-corrected chi connectivity index (χ0v) is 13.0. The molecule has 0 heterocycles. The van der Waals surface area contributed by atoms with Gasteiger partial charge in [-0.25, -0.2) is 14.0 Å². The molecule has 0 saturated heterocycles. The fourth-order valence-corrected chi connectivity index (χ4v) is 1.73. The van der Waals surface area contributed by atoms with E-state index in [2.05, 4.69) is 10.1 Å². The molecule has 0 aliphatic rings. The first-order valence-electron chi connectivity index (χ1n) is 7.23. The number of imide groups is 1. The minimum absolute atomic E-state index is 0.0824. The molecule has 3 amide bonds. The van der Waals surface area contributed by atoms with Crippen molar-refractivity contribution >= 4 is 23.6 Å². The van der Waals surface area contributed by atoms with Gasteiger partial charge in [0.1, 0.15) is 11.6 Å². The number of ether oxygens (including phenoxy) is 2. The number of halogens is 1. The number of hydrogen-bond acceptors (Lipinski definition) is 5. The number of urea groups is 1. The highest BCUT2D eigenvalue weighted by Crippen LogP contribution is 2.11. The maximum absolute atomic E-state index is 13.4. The second-order valence-electron chi connectivity index (χ2n) is 4.74. The number of carbonyl (C=O) groups excluding carboxylic acids is 3. The number of amides is 3. The minimum atomic E-state index is -0.938. The highest BCUT2D eigenvalue weighted by Gasteiger charge is 2.12. The predicted molar refractivity (Wildman–Crippen MR) is 86.5 cm³/mol. The zero-order valence-electron chi connectivity index (χ0n) is 13.0. The van der Waals surface area contributed by atoms with Crippen molar-refractivity contribution in [2.24, 2.45) is 0 Å². The number of nitrogens with one attached hydrogen (secondary N) is 2. The molecule has 0 atom stereocenters. The third-order valence-electron chi connectivity index (χ3n) is 2.84. The van der Waals surface area contributed by atoms with Crippen LogP contribution in [0.1, 0.15) is 0 Å². The van der Waals surface area contributed by atoms with Crippen molar-refractivity contribution in [2.45, 2.75) is 0 Å². The Morgan fingerprint density at radius 3 is 2.32 bits per heavy atom. The molecule has 2 aromatic rings. The molecule has 130 valence electrons. The van der Waals surface area contributed by atoms with Crippen LogP contribution in [0.4, 0.5) is 14.9 Å². The fourth-order valence-electron chi connectivity index (χ4n) is 1.73. The Labute approximate surface area is 142 Å². The van der Waals surface area contributed by atoms with E-state index >= 15 is 0 Å². The van der Waals surface area contributed by atoms with Crippen LogP contribution in [0.5, 0.6) is 5.75 Å². The average molecular weight is 346 g/mol. The van der Waals surface area contributed by atoms with Crippen molar-refractivity contribution in [3.05, 3.63) is 60.4 Å². The van der Waals surface area contributed by atoms with Gasteiger partial charge in [-0.1, -0.05) is 30.3 Å². The molecule has 2 rings (SSSR count). The van der Waals surface area contributed by atoms with Crippen molar-refractivity contribution in [2.75, 3.05) is 18.5 Å². The summed E-state index contributed by atoms with van der Waals surface area (Å²) in [6.45, 7) is -1.04. The van der Waals surface area contributed by atoms with Crippen molar-refractivity contribution in [1.82, 2.24) is 5.32 Å². The van der Waals surface area contributed by atoms with Crippen LogP contribution < -0.4 is 15.4 Å². The second-order valence-corrected chi connectivity index (χ2v) is 4.74. The van der Waals surface area contributed by atoms with Crippen LogP contribution in [0.15, 0.2) is 54.6 Å². The topological polar surface area (TPSA) is 93.7 Å². The van der Waals surface area contributed by atoms with Crippen LogP contribution in [0.3, 0.4) is 0 Å². The molecule has 2 N–H and O–H groups in total. The Hall–Kier alpha value is -3.42. The quantitative estimate of drug-likeness (QED) is 0.781. The summed E-state index contributed by atoms with van der Waals surface area (Å²) in [6.07, 6.45) is 0. The van der Waals surface area contributed by atoms with Gasteiger partial charge >= 0.3 is 12.0 Å². The maximum Gasteiger partial charge on any atom is 0.344 e. The van der Waals surface area contributed by atoms with Gasteiger partial charge in [-0.05, 0) is 24.3 Å². The Kier molecular flexibility index (Phi) is 6.47. The lowest BCUT2D eigenvalue weighted by atomic mass is 10.3. The van der Waals surface area contributed by atoms with E-state index in [4.69, 9.17) is 4.74 Å². The third-order valence-corrected chi connectivity index (χ3v) is 2.84.